The van der Waals surface area contributed by atoms with E-state index in [1.54, 1.807) is 6.07 Å². The number of nitriles is 1. The molecule has 4 nitrogen and oxygen atoms in total. The number of aromatic carboxylic acids is 1. The summed E-state index contributed by atoms with van der Waals surface area (Å²) in [4.78, 5) is 12.9. The van der Waals surface area contributed by atoms with Crippen molar-refractivity contribution in [1.82, 2.24) is 0 Å². The van der Waals surface area contributed by atoms with Gasteiger partial charge in [0.05, 0.1) is 16.8 Å². The largest absolute Gasteiger partial charge is 0.478 e. The molecule has 0 aliphatic rings. The summed E-state index contributed by atoms with van der Waals surface area (Å²) >= 11 is 0. The molecule has 4 heteroatoms. The summed E-state index contributed by atoms with van der Waals surface area (Å²) in [6.45, 7) is 4.20. The third kappa shape index (κ3) is 2.80. The van der Waals surface area contributed by atoms with Gasteiger partial charge in [0.1, 0.15) is 6.07 Å². The Morgan fingerprint density at radius 2 is 2.06 bits per heavy atom. The van der Waals surface area contributed by atoms with E-state index in [1.165, 1.54) is 12.1 Å². The van der Waals surface area contributed by atoms with E-state index in [1.807, 2.05) is 11.9 Å². The van der Waals surface area contributed by atoms with E-state index in [0.29, 0.717) is 11.6 Å². The Morgan fingerprint density at radius 3 is 2.50 bits per heavy atom. The summed E-state index contributed by atoms with van der Waals surface area (Å²) in [5.74, 6) is -1.01. The quantitative estimate of drug-likeness (QED) is 0.867. The van der Waals surface area contributed by atoms with Crippen molar-refractivity contribution in [3.63, 3.8) is 0 Å². The summed E-state index contributed by atoms with van der Waals surface area (Å²) in [5, 5.41) is 18.0. The molecule has 1 aromatic carbocycles. The van der Waals surface area contributed by atoms with Gasteiger partial charge in [-0.15, -0.1) is 0 Å². The Kier molecular flexibility index (Phi) is 4.73. The van der Waals surface area contributed by atoms with Crippen molar-refractivity contribution in [3.8, 4) is 6.07 Å². The fourth-order valence-electron chi connectivity index (χ4n) is 2.10. The zero-order valence-electron chi connectivity index (χ0n) is 11.0. The molecule has 18 heavy (non-hydrogen) atoms. The van der Waals surface area contributed by atoms with Gasteiger partial charge in [0.25, 0.3) is 0 Å². The number of benzene rings is 1. The third-order valence-corrected chi connectivity index (χ3v) is 3.23. The van der Waals surface area contributed by atoms with Crippen LogP contribution in [0.2, 0.25) is 0 Å². The normalized spacial score (nSPS) is 10.2. The lowest BCUT2D eigenvalue weighted by atomic mass is 10.1. The van der Waals surface area contributed by atoms with Crippen LogP contribution in [0, 0.1) is 11.3 Å². The summed E-state index contributed by atoms with van der Waals surface area (Å²) < 4.78 is 0. The van der Waals surface area contributed by atoms with Gasteiger partial charge in [-0.1, -0.05) is 13.8 Å². The lowest BCUT2D eigenvalue weighted by molar-refractivity contribution is 0.0697. The van der Waals surface area contributed by atoms with E-state index in [4.69, 9.17) is 10.4 Å². The molecule has 0 radical (unpaired) electrons. The molecule has 0 atom stereocenters. The summed E-state index contributed by atoms with van der Waals surface area (Å²) in [6, 6.07) is 7.10. The van der Waals surface area contributed by atoms with Gasteiger partial charge in [-0.3, -0.25) is 0 Å². The number of carbonyl (C=O) groups is 1. The lowest BCUT2D eigenvalue weighted by Crippen LogP contribution is -2.31. The zero-order chi connectivity index (χ0) is 13.7. The van der Waals surface area contributed by atoms with Crippen LogP contribution >= 0.6 is 0 Å². The van der Waals surface area contributed by atoms with Gasteiger partial charge in [-0.25, -0.2) is 4.79 Å². The van der Waals surface area contributed by atoms with E-state index < -0.39 is 5.97 Å². The van der Waals surface area contributed by atoms with Crippen LogP contribution in [-0.4, -0.2) is 24.2 Å². The highest BCUT2D eigenvalue weighted by Gasteiger charge is 2.16. The van der Waals surface area contributed by atoms with Gasteiger partial charge in [0.15, 0.2) is 0 Å². The van der Waals surface area contributed by atoms with E-state index in [0.717, 1.165) is 18.5 Å². The highest BCUT2D eigenvalue weighted by molar-refractivity contribution is 5.89. The summed E-state index contributed by atoms with van der Waals surface area (Å²) in [6.07, 6.45) is 1.97. The Hall–Kier alpha value is -2.02. The van der Waals surface area contributed by atoms with Crippen LogP contribution in [0.4, 0.5) is 5.69 Å². The fraction of sp³-hybridized carbons (Fsp3) is 0.429. The number of carboxylic acids is 1. The van der Waals surface area contributed by atoms with E-state index >= 15 is 0 Å². The van der Waals surface area contributed by atoms with Crippen molar-refractivity contribution >= 4 is 11.7 Å². The minimum absolute atomic E-state index is 0.147. The van der Waals surface area contributed by atoms with Gasteiger partial charge in [0.2, 0.25) is 0 Å². The molecule has 1 N–H and O–H groups in total. The SMILES string of the molecule is CCC(CC)N(C)c1ccc(C(=O)O)cc1C#N. The molecular formula is C14H18N2O2. The molecule has 0 saturated heterocycles. The van der Waals surface area contributed by atoms with Crippen molar-refractivity contribution in [3.05, 3.63) is 29.3 Å². The molecule has 0 fully saturated rings. The second kappa shape index (κ2) is 6.06. The Bertz CT molecular complexity index is 473. The molecule has 0 bridgehead atoms. The average Bonchev–Trinajstić information content (AvgIpc) is 2.39. The first-order valence-corrected chi connectivity index (χ1v) is 6.05. The molecule has 96 valence electrons. The van der Waals surface area contributed by atoms with Gasteiger partial charge >= 0.3 is 5.97 Å². The van der Waals surface area contributed by atoms with E-state index in [2.05, 4.69) is 19.9 Å². The molecule has 0 aliphatic carbocycles. The smallest absolute Gasteiger partial charge is 0.335 e. The Balaban J connectivity index is 3.17. The highest BCUT2D eigenvalue weighted by atomic mass is 16.4. The van der Waals surface area contributed by atoms with Crippen LogP contribution in [0.1, 0.15) is 42.6 Å². The second-order valence-electron chi connectivity index (χ2n) is 4.23. The van der Waals surface area contributed by atoms with Crippen molar-refractivity contribution in [2.45, 2.75) is 32.7 Å². The molecular weight excluding hydrogens is 228 g/mol. The highest BCUT2D eigenvalue weighted by Crippen LogP contribution is 2.24. The van der Waals surface area contributed by atoms with Crippen LogP contribution in [0.25, 0.3) is 0 Å². The van der Waals surface area contributed by atoms with Crippen molar-refractivity contribution < 1.29 is 9.90 Å². The van der Waals surface area contributed by atoms with Crippen molar-refractivity contribution in [1.29, 1.82) is 5.26 Å². The predicted octanol–water partition coefficient (Wildman–Crippen LogP) is 2.88. The van der Waals surface area contributed by atoms with E-state index in [9.17, 15) is 4.79 Å². The van der Waals surface area contributed by atoms with Crippen LogP contribution in [-0.2, 0) is 0 Å². The molecule has 0 spiro atoms. The monoisotopic (exact) mass is 246 g/mol. The maximum Gasteiger partial charge on any atom is 0.335 e. The second-order valence-corrected chi connectivity index (χ2v) is 4.23. The number of hydrogen-bond donors (Lipinski definition) is 1. The average molecular weight is 246 g/mol. The summed E-state index contributed by atoms with van der Waals surface area (Å²) in [5.41, 5.74) is 1.34. The minimum atomic E-state index is -1.01. The molecule has 0 aliphatic heterocycles. The Morgan fingerprint density at radius 1 is 1.44 bits per heavy atom. The van der Waals surface area contributed by atoms with Crippen LogP contribution in [0.15, 0.2) is 18.2 Å². The minimum Gasteiger partial charge on any atom is -0.478 e. The Labute approximate surface area is 107 Å². The maximum absolute atomic E-state index is 10.9. The number of carboxylic acid groups (broad SMARTS) is 1. The molecule has 1 aromatic rings. The first-order chi connectivity index (χ1) is 8.54. The molecule has 0 unspecified atom stereocenters. The van der Waals surface area contributed by atoms with Gasteiger partial charge in [-0.05, 0) is 31.0 Å². The molecule has 0 saturated carbocycles. The molecule has 0 amide bonds. The van der Waals surface area contributed by atoms with Gasteiger partial charge in [-0.2, -0.15) is 5.26 Å². The van der Waals surface area contributed by atoms with Crippen LogP contribution in [0.3, 0.4) is 0 Å². The predicted molar refractivity (Wildman–Crippen MR) is 70.9 cm³/mol. The standard InChI is InChI=1S/C14H18N2O2/c1-4-12(5-2)16(3)13-7-6-10(14(17)18)8-11(13)9-15/h6-8,12H,4-5H2,1-3H3,(H,17,18). The number of rotatable bonds is 5. The van der Waals surface area contributed by atoms with Gasteiger partial charge < -0.3 is 10.0 Å². The van der Waals surface area contributed by atoms with Crippen LogP contribution in [0.5, 0.6) is 0 Å². The van der Waals surface area contributed by atoms with E-state index in [-0.39, 0.29) is 5.56 Å². The first-order valence-electron chi connectivity index (χ1n) is 6.05. The van der Waals surface area contributed by atoms with Crippen molar-refractivity contribution in [2.75, 3.05) is 11.9 Å². The first kappa shape index (κ1) is 14.0. The number of anilines is 1. The van der Waals surface area contributed by atoms with Crippen molar-refractivity contribution in [2.24, 2.45) is 0 Å². The lowest BCUT2D eigenvalue weighted by Gasteiger charge is -2.29. The fourth-order valence-corrected chi connectivity index (χ4v) is 2.10. The summed E-state index contributed by atoms with van der Waals surface area (Å²) in [7, 11) is 1.94. The molecule has 0 aromatic heterocycles. The number of nitrogens with zero attached hydrogens (tertiary/aromatic N) is 2. The zero-order valence-corrected chi connectivity index (χ0v) is 11.0. The molecule has 0 heterocycles. The molecule has 1 rings (SSSR count). The topological polar surface area (TPSA) is 64.3 Å². The third-order valence-electron chi connectivity index (χ3n) is 3.23. The maximum atomic E-state index is 10.9. The van der Waals surface area contributed by atoms with Crippen LogP contribution < -0.4 is 4.90 Å². The van der Waals surface area contributed by atoms with Gasteiger partial charge in [0, 0.05) is 13.1 Å². The number of hydrogen-bond acceptors (Lipinski definition) is 3.